The van der Waals surface area contributed by atoms with E-state index in [2.05, 4.69) is 15.0 Å². The van der Waals surface area contributed by atoms with Crippen LogP contribution in [-0.2, 0) is 6.42 Å². The molecule has 5 heteroatoms. The van der Waals surface area contributed by atoms with Crippen LogP contribution in [0.3, 0.4) is 0 Å². The Kier molecular flexibility index (Phi) is 12.4. The molecule has 1 amide bonds. The Morgan fingerprint density at radius 1 is 1.20 bits per heavy atom. The second-order valence-corrected chi connectivity index (χ2v) is 2.98. The average molecular weight is 280 g/mol. The molecule has 0 saturated carbocycles. The summed E-state index contributed by atoms with van der Waals surface area (Å²) in [6.07, 6.45) is 2.29. The molecule has 0 bridgehead atoms. The Labute approximate surface area is 122 Å². The summed E-state index contributed by atoms with van der Waals surface area (Å²) in [6.45, 7) is 14.0. The fourth-order valence-electron chi connectivity index (χ4n) is 1.35. The molecule has 2 aromatic heterocycles. The van der Waals surface area contributed by atoms with Crippen molar-refractivity contribution in [2.45, 2.75) is 54.9 Å². The highest BCUT2D eigenvalue weighted by Gasteiger charge is 2.11. The van der Waals surface area contributed by atoms with Gasteiger partial charge in [0.15, 0.2) is 5.69 Å². The number of nitrogens with zero attached hydrogens (tertiary/aromatic N) is 2. The van der Waals surface area contributed by atoms with Crippen LogP contribution in [0.4, 0.5) is 0 Å². The number of hydrogen-bond donors (Lipinski definition) is 2. The molecule has 0 radical (unpaired) electrons. The van der Waals surface area contributed by atoms with Crippen LogP contribution in [-0.4, -0.2) is 20.9 Å². The molecule has 2 aromatic rings. The molecule has 20 heavy (non-hydrogen) atoms. The van der Waals surface area contributed by atoms with Crippen LogP contribution in [0, 0.1) is 0 Å². The average Bonchev–Trinajstić information content (AvgIpc) is 3.00. The summed E-state index contributed by atoms with van der Waals surface area (Å²) in [4.78, 5) is 22.1. The molecular weight excluding hydrogens is 252 g/mol. The highest BCUT2D eigenvalue weighted by atomic mass is 16.1. The molecule has 0 aromatic carbocycles. The van der Waals surface area contributed by atoms with Crippen LogP contribution in [0.15, 0.2) is 12.4 Å². The fourth-order valence-corrected chi connectivity index (χ4v) is 1.35. The number of amides is 1. The number of carbonyl (C=O) groups excluding carboxylic acids is 1. The maximum Gasteiger partial charge on any atom is 0.269 e. The van der Waals surface area contributed by atoms with Gasteiger partial charge in [-0.2, -0.15) is 0 Å². The van der Waals surface area contributed by atoms with Crippen LogP contribution >= 0.6 is 0 Å². The number of nitrogens with one attached hydrogen (secondary N) is 1. The van der Waals surface area contributed by atoms with Gasteiger partial charge in [0.1, 0.15) is 5.52 Å². The maximum absolute atomic E-state index is 11.1. The second kappa shape index (κ2) is 12.1. The van der Waals surface area contributed by atoms with E-state index >= 15 is 0 Å². The Balaban J connectivity index is 0. The number of primary amides is 1. The first kappa shape index (κ1) is 20.4. The number of imidazole rings is 1. The zero-order chi connectivity index (χ0) is 16.1. The number of hydrogen-bond acceptors (Lipinski definition) is 3. The summed E-state index contributed by atoms with van der Waals surface area (Å²) in [7, 11) is 0. The Morgan fingerprint density at radius 2 is 1.75 bits per heavy atom. The summed E-state index contributed by atoms with van der Waals surface area (Å²) in [5, 5.41) is 0. The normalized spacial score (nSPS) is 8.35. The van der Waals surface area contributed by atoms with Crippen molar-refractivity contribution in [2.24, 2.45) is 5.73 Å². The van der Waals surface area contributed by atoms with Gasteiger partial charge in [-0.3, -0.25) is 4.79 Å². The third-order valence-corrected chi connectivity index (χ3v) is 2.06. The molecule has 114 valence electrons. The molecule has 0 fully saturated rings. The van der Waals surface area contributed by atoms with Gasteiger partial charge in [-0.15, -0.1) is 0 Å². The number of nitrogens with two attached hydrogens (primary N) is 1. The molecule has 2 heterocycles. The molecule has 0 atom stereocenters. The first-order chi connectivity index (χ1) is 9.72. The standard InChI is InChI=1S/C9H10N4O.3C2H6/c1-2-5-3-6-7(12-4-11-6)8(13-5)9(10)14;3*1-2/h3-4H,2H2,1H3,(H2,10,14)(H,11,12);3*1-2H3. The van der Waals surface area contributed by atoms with E-state index in [0.29, 0.717) is 5.52 Å². The van der Waals surface area contributed by atoms with Crippen LogP contribution in [0.25, 0.3) is 11.0 Å². The van der Waals surface area contributed by atoms with Gasteiger partial charge in [-0.05, 0) is 12.5 Å². The first-order valence-electron chi connectivity index (χ1n) is 7.35. The highest BCUT2D eigenvalue weighted by Crippen LogP contribution is 2.14. The first-order valence-corrected chi connectivity index (χ1v) is 7.35. The van der Waals surface area contributed by atoms with Gasteiger partial charge in [0, 0.05) is 5.69 Å². The van der Waals surface area contributed by atoms with Crippen molar-refractivity contribution < 1.29 is 4.79 Å². The Morgan fingerprint density at radius 3 is 2.20 bits per heavy atom. The summed E-state index contributed by atoms with van der Waals surface area (Å²) < 4.78 is 0. The van der Waals surface area contributed by atoms with Gasteiger partial charge in [-0.25, -0.2) is 9.97 Å². The van der Waals surface area contributed by atoms with Crippen LogP contribution in [0.2, 0.25) is 0 Å². The zero-order valence-corrected chi connectivity index (χ0v) is 13.7. The number of H-pyrrole nitrogens is 1. The summed E-state index contributed by atoms with van der Waals surface area (Å²) >= 11 is 0. The molecule has 0 spiro atoms. The molecule has 0 unspecified atom stereocenters. The van der Waals surface area contributed by atoms with E-state index in [-0.39, 0.29) is 5.69 Å². The van der Waals surface area contributed by atoms with E-state index in [9.17, 15) is 4.79 Å². The molecular formula is C15H28N4O. The van der Waals surface area contributed by atoms with Crippen molar-refractivity contribution in [3.8, 4) is 0 Å². The van der Waals surface area contributed by atoms with E-state index in [1.807, 2.05) is 54.5 Å². The topological polar surface area (TPSA) is 84.7 Å². The zero-order valence-electron chi connectivity index (χ0n) is 13.7. The molecule has 0 aliphatic rings. The maximum atomic E-state index is 11.1. The molecule has 0 aliphatic carbocycles. The minimum atomic E-state index is -0.544. The van der Waals surface area contributed by atoms with Crippen LogP contribution in [0.1, 0.15) is 64.6 Å². The number of aromatic nitrogens is 3. The summed E-state index contributed by atoms with van der Waals surface area (Å²) in [5.74, 6) is -0.544. The SMILES string of the molecule is CC.CC.CC.CCc1cc2[nH]cnc2c(C(N)=O)n1. The van der Waals surface area contributed by atoms with Crippen molar-refractivity contribution in [2.75, 3.05) is 0 Å². The molecule has 0 saturated heterocycles. The van der Waals surface area contributed by atoms with Gasteiger partial charge in [0.25, 0.3) is 5.91 Å². The van der Waals surface area contributed by atoms with Gasteiger partial charge in [0.2, 0.25) is 0 Å². The van der Waals surface area contributed by atoms with E-state index < -0.39 is 5.91 Å². The third-order valence-electron chi connectivity index (χ3n) is 2.06. The van der Waals surface area contributed by atoms with E-state index in [1.54, 1.807) is 0 Å². The molecule has 3 N–H and O–H groups in total. The van der Waals surface area contributed by atoms with E-state index in [1.165, 1.54) is 6.33 Å². The smallest absolute Gasteiger partial charge is 0.269 e. The second-order valence-electron chi connectivity index (χ2n) is 2.98. The number of pyridine rings is 1. The predicted molar refractivity (Wildman–Crippen MR) is 85.8 cm³/mol. The number of carbonyl (C=O) groups is 1. The lowest BCUT2D eigenvalue weighted by atomic mass is 10.2. The van der Waals surface area contributed by atoms with Crippen molar-refractivity contribution >= 4 is 16.9 Å². The van der Waals surface area contributed by atoms with Crippen molar-refractivity contribution in [3.05, 3.63) is 23.8 Å². The van der Waals surface area contributed by atoms with Gasteiger partial charge in [-0.1, -0.05) is 48.5 Å². The lowest BCUT2D eigenvalue weighted by molar-refractivity contribution is 0.0997. The van der Waals surface area contributed by atoms with E-state index in [4.69, 9.17) is 5.73 Å². The van der Waals surface area contributed by atoms with Crippen molar-refractivity contribution in [3.63, 3.8) is 0 Å². The number of aromatic amines is 1. The van der Waals surface area contributed by atoms with Gasteiger partial charge >= 0.3 is 0 Å². The largest absolute Gasteiger partial charge is 0.364 e. The number of rotatable bonds is 2. The lowest BCUT2D eigenvalue weighted by Crippen LogP contribution is -2.14. The minimum Gasteiger partial charge on any atom is -0.364 e. The number of fused-ring (bicyclic) bond motifs is 1. The monoisotopic (exact) mass is 280 g/mol. The molecule has 2 rings (SSSR count). The molecule has 0 aliphatic heterocycles. The van der Waals surface area contributed by atoms with Gasteiger partial charge in [0.05, 0.1) is 11.8 Å². The van der Waals surface area contributed by atoms with Crippen molar-refractivity contribution in [1.29, 1.82) is 0 Å². The Hall–Kier alpha value is -1.91. The summed E-state index contributed by atoms with van der Waals surface area (Å²) in [5.41, 5.74) is 7.61. The highest BCUT2D eigenvalue weighted by molar-refractivity contribution is 6.02. The van der Waals surface area contributed by atoms with Crippen LogP contribution < -0.4 is 5.73 Å². The quantitative estimate of drug-likeness (QED) is 0.879. The van der Waals surface area contributed by atoms with E-state index in [0.717, 1.165) is 17.6 Å². The fraction of sp³-hybridized carbons (Fsp3) is 0.533. The van der Waals surface area contributed by atoms with Crippen LogP contribution in [0.5, 0.6) is 0 Å². The van der Waals surface area contributed by atoms with Crippen molar-refractivity contribution in [1.82, 2.24) is 15.0 Å². The lowest BCUT2D eigenvalue weighted by Gasteiger charge is -2.00. The molecule has 5 nitrogen and oxygen atoms in total. The van der Waals surface area contributed by atoms with Gasteiger partial charge < -0.3 is 10.7 Å². The Bertz CT molecular complexity index is 492. The summed E-state index contributed by atoms with van der Waals surface area (Å²) in [6, 6.07) is 1.87. The predicted octanol–water partition coefficient (Wildman–Crippen LogP) is 3.70. The number of aryl methyl sites for hydroxylation is 1. The minimum absolute atomic E-state index is 0.237. The third kappa shape index (κ3) is 5.38.